The molecule has 0 fully saturated rings. The smallest absolute Gasteiger partial charge is 0.247 e. The van der Waals surface area contributed by atoms with Gasteiger partial charge >= 0.3 is 0 Å². The van der Waals surface area contributed by atoms with Crippen LogP contribution in [0.4, 0.5) is 5.69 Å². The first-order valence-corrected chi connectivity index (χ1v) is 13.4. The maximum absolute atomic E-state index is 15.2. The van der Waals surface area contributed by atoms with Crippen LogP contribution in [-0.4, -0.2) is 5.91 Å². The molecule has 1 atom stereocenters. The zero-order valence-electron chi connectivity index (χ0n) is 20.9. The van der Waals surface area contributed by atoms with E-state index in [1.54, 1.807) is 0 Å². The van der Waals surface area contributed by atoms with Crippen molar-refractivity contribution in [3.63, 3.8) is 0 Å². The van der Waals surface area contributed by atoms with Gasteiger partial charge in [-0.15, -0.1) is 0 Å². The van der Waals surface area contributed by atoms with Gasteiger partial charge in [0.2, 0.25) is 5.91 Å². The minimum atomic E-state index is -1.06. The Morgan fingerprint density at radius 3 is 2.15 bits per heavy atom. The highest BCUT2D eigenvalue weighted by Gasteiger charge is 2.58. The SMILES string of the molecule is O=C1N(Cc2ccc(Cl)cc2)c2ccccc2C12c1ccc3ccccc3c1Oc1ccc3ccccc3c12. The fourth-order valence-electron chi connectivity index (χ4n) is 6.50. The lowest BCUT2D eigenvalue weighted by molar-refractivity contribution is -0.121. The molecule has 0 saturated carbocycles. The molecule has 0 aliphatic carbocycles. The summed E-state index contributed by atoms with van der Waals surface area (Å²) >= 11 is 6.18. The van der Waals surface area contributed by atoms with Gasteiger partial charge in [-0.1, -0.05) is 109 Å². The molecular formula is C35H22ClNO2. The molecule has 6 aromatic carbocycles. The van der Waals surface area contributed by atoms with Crippen molar-refractivity contribution in [1.82, 2.24) is 0 Å². The van der Waals surface area contributed by atoms with Gasteiger partial charge in [0.05, 0.1) is 6.54 Å². The molecule has 2 heterocycles. The quantitative estimate of drug-likeness (QED) is 0.227. The summed E-state index contributed by atoms with van der Waals surface area (Å²) in [6.07, 6.45) is 0. The first kappa shape index (κ1) is 22.4. The van der Waals surface area contributed by atoms with Crippen molar-refractivity contribution < 1.29 is 9.53 Å². The van der Waals surface area contributed by atoms with Gasteiger partial charge in [0.15, 0.2) is 0 Å². The van der Waals surface area contributed by atoms with Crippen molar-refractivity contribution in [1.29, 1.82) is 0 Å². The van der Waals surface area contributed by atoms with E-state index in [0.29, 0.717) is 17.3 Å². The number of nitrogens with zero attached hydrogens (tertiary/aromatic N) is 1. The number of rotatable bonds is 2. The van der Waals surface area contributed by atoms with Gasteiger partial charge in [-0.3, -0.25) is 4.79 Å². The van der Waals surface area contributed by atoms with Crippen molar-refractivity contribution in [2.24, 2.45) is 0 Å². The van der Waals surface area contributed by atoms with Gasteiger partial charge in [0.25, 0.3) is 0 Å². The normalized spacial score (nSPS) is 17.3. The molecule has 6 aromatic rings. The molecule has 0 aromatic heterocycles. The Labute approximate surface area is 230 Å². The Kier molecular flexibility index (Phi) is 4.71. The lowest BCUT2D eigenvalue weighted by atomic mass is 9.66. The fraction of sp³-hybridized carbons (Fsp3) is 0.0571. The Balaban J connectivity index is 1.48. The van der Waals surface area contributed by atoms with Crippen LogP contribution in [0.15, 0.2) is 121 Å². The largest absolute Gasteiger partial charge is 0.456 e. The van der Waals surface area contributed by atoms with E-state index in [9.17, 15) is 0 Å². The third kappa shape index (κ3) is 3.02. The summed E-state index contributed by atoms with van der Waals surface area (Å²) in [5.74, 6) is 1.48. The molecule has 1 unspecified atom stereocenters. The number of fused-ring (bicyclic) bond motifs is 10. The minimum absolute atomic E-state index is 0.0242. The second-order valence-corrected chi connectivity index (χ2v) is 10.6. The first-order chi connectivity index (χ1) is 19.2. The molecule has 0 bridgehead atoms. The lowest BCUT2D eigenvalue weighted by Crippen LogP contribution is -2.43. The van der Waals surface area contributed by atoms with Gasteiger partial charge in [0, 0.05) is 32.8 Å². The van der Waals surface area contributed by atoms with Crippen LogP contribution in [0.1, 0.15) is 22.3 Å². The van der Waals surface area contributed by atoms with Crippen LogP contribution < -0.4 is 9.64 Å². The van der Waals surface area contributed by atoms with Crippen molar-refractivity contribution in [2.75, 3.05) is 4.90 Å². The molecule has 1 amide bonds. The molecule has 39 heavy (non-hydrogen) atoms. The Morgan fingerprint density at radius 2 is 1.33 bits per heavy atom. The predicted molar refractivity (Wildman–Crippen MR) is 157 cm³/mol. The highest BCUT2D eigenvalue weighted by molar-refractivity contribution is 6.30. The number of anilines is 1. The van der Waals surface area contributed by atoms with Gasteiger partial charge < -0.3 is 9.64 Å². The average molecular weight is 524 g/mol. The number of carbonyl (C=O) groups excluding carboxylic acids is 1. The van der Waals surface area contributed by atoms with Crippen LogP contribution in [0.3, 0.4) is 0 Å². The standard InChI is InChI=1S/C35H22ClNO2/c36-25-17-13-22(14-18-25)21-37-30-12-6-5-11-28(30)35(34(37)38)29-19-15-24-8-2-4-10-27(24)33(29)39-31-20-16-23-7-1-3-9-26(23)32(31)35/h1-20H,21H2. The molecule has 186 valence electrons. The van der Waals surface area contributed by atoms with E-state index < -0.39 is 5.41 Å². The number of ether oxygens (including phenoxy) is 1. The Hall–Kier alpha value is -4.60. The third-order valence-corrected chi connectivity index (χ3v) is 8.43. The molecule has 0 radical (unpaired) electrons. The van der Waals surface area contributed by atoms with E-state index >= 15 is 4.79 Å². The lowest BCUT2D eigenvalue weighted by Gasteiger charge is -2.38. The fourth-order valence-corrected chi connectivity index (χ4v) is 6.63. The summed E-state index contributed by atoms with van der Waals surface area (Å²) < 4.78 is 6.73. The molecule has 2 aliphatic rings. The predicted octanol–water partition coefficient (Wildman–Crippen LogP) is 8.63. The van der Waals surface area contributed by atoms with E-state index in [-0.39, 0.29) is 5.91 Å². The first-order valence-electron chi connectivity index (χ1n) is 13.0. The minimum Gasteiger partial charge on any atom is -0.456 e. The molecule has 3 nitrogen and oxygen atoms in total. The van der Waals surface area contributed by atoms with Crippen molar-refractivity contribution in [3.8, 4) is 11.5 Å². The maximum atomic E-state index is 15.2. The summed E-state index contributed by atoms with van der Waals surface area (Å²) in [6, 6.07) is 40.6. The van der Waals surface area contributed by atoms with Crippen LogP contribution in [0.5, 0.6) is 11.5 Å². The number of para-hydroxylation sites is 1. The third-order valence-electron chi connectivity index (χ3n) is 8.18. The van der Waals surface area contributed by atoms with Crippen molar-refractivity contribution >= 4 is 44.7 Å². The van der Waals surface area contributed by atoms with E-state index in [1.165, 1.54) is 0 Å². The van der Waals surface area contributed by atoms with Gasteiger partial charge in [-0.2, -0.15) is 0 Å². The number of hydrogen-bond donors (Lipinski definition) is 0. The zero-order chi connectivity index (χ0) is 26.1. The van der Waals surface area contributed by atoms with E-state index in [1.807, 2.05) is 71.6 Å². The number of hydrogen-bond acceptors (Lipinski definition) is 2. The topological polar surface area (TPSA) is 29.5 Å². The van der Waals surface area contributed by atoms with Crippen LogP contribution in [0.2, 0.25) is 5.02 Å². The van der Waals surface area contributed by atoms with Crippen molar-refractivity contribution in [2.45, 2.75) is 12.0 Å². The maximum Gasteiger partial charge on any atom is 0.247 e. The summed E-state index contributed by atoms with van der Waals surface area (Å²) in [5, 5.41) is 4.84. The summed E-state index contributed by atoms with van der Waals surface area (Å²) in [4.78, 5) is 17.1. The van der Waals surface area contributed by atoms with Crippen LogP contribution in [-0.2, 0) is 16.8 Å². The van der Waals surface area contributed by atoms with Crippen LogP contribution in [0, 0.1) is 0 Å². The second kappa shape index (κ2) is 8.20. The van der Waals surface area contributed by atoms with E-state index in [4.69, 9.17) is 16.3 Å². The molecular weight excluding hydrogens is 502 g/mol. The Bertz CT molecular complexity index is 1960. The van der Waals surface area contributed by atoms with Crippen LogP contribution in [0.25, 0.3) is 21.5 Å². The van der Waals surface area contributed by atoms with Crippen molar-refractivity contribution in [3.05, 3.63) is 149 Å². The number of benzene rings is 6. The highest BCUT2D eigenvalue weighted by Crippen LogP contribution is 2.60. The second-order valence-electron chi connectivity index (χ2n) is 10.2. The molecule has 4 heteroatoms. The van der Waals surface area contributed by atoms with Gasteiger partial charge in [-0.05, 0) is 46.0 Å². The summed E-state index contributed by atoms with van der Waals surface area (Å²) in [5.41, 5.74) is 3.62. The number of carbonyl (C=O) groups is 1. The zero-order valence-corrected chi connectivity index (χ0v) is 21.7. The summed E-state index contributed by atoms with van der Waals surface area (Å²) in [6.45, 7) is 0.443. The number of halogens is 1. The molecule has 0 saturated heterocycles. The Morgan fingerprint density at radius 1 is 0.667 bits per heavy atom. The number of amides is 1. The van der Waals surface area contributed by atoms with E-state index in [0.717, 1.165) is 55.2 Å². The van der Waals surface area contributed by atoms with Crippen LogP contribution >= 0.6 is 11.6 Å². The highest BCUT2D eigenvalue weighted by atomic mass is 35.5. The average Bonchev–Trinajstić information content (AvgIpc) is 3.22. The molecule has 8 rings (SSSR count). The monoisotopic (exact) mass is 523 g/mol. The van der Waals surface area contributed by atoms with E-state index in [2.05, 4.69) is 54.6 Å². The summed E-state index contributed by atoms with van der Waals surface area (Å²) in [7, 11) is 0. The molecule has 2 aliphatic heterocycles. The van der Waals surface area contributed by atoms with Gasteiger partial charge in [0.1, 0.15) is 16.9 Å². The molecule has 1 spiro atoms. The van der Waals surface area contributed by atoms with Gasteiger partial charge in [-0.25, -0.2) is 0 Å². The molecule has 0 N–H and O–H groups in total.